The molecule has 1 atom stereocenters. The molecule has 0 saturated carbocycles. The molecule has 5 heteroatoms. The molecule has 1 unspecified atom stereocenters. The first-order valence-corrected chi connectivity index (χ1v) is 6.66. The smallest absolute Gasteiger partial charge is 0.189 e. The van der Waals surface area contributed by atoms with Crippen molar-refractivity contribution in [1.82, 2.24) is 0 Å². The van der Waals surface area contributed by atoms with Crippen molar-refractivity contribution in [2.24, 2.45) is 5.73 Å². The first kappa shape index (κ1) is 17.6. The van der Waals surface area contributed by atoms with E-state index in [0.717, 1.165) is 12.0 Å². The number of Topliss-reactive ketones (excluding diaryl/α,β-unsaturated/α-hetero) is 1. The van der Waals surface area contributed by atoms with Gasteiger partial charge in [-0.3, -0.25) is 4.79 Å². The summed E-state index contributed by atoms with van der Waals surface area (Å²) in [5.41, 5.74) is 7.13. The molecule has 3 N–H and O–H groups in total. The summed E-state index contributed by atoms with van der Waals surface area (Å²) in [6.07, 6.45) is 6.37. The van der Waals surface area contributed by atoms with E-state index in [1.807, 2.05) is 12.1 Å². The average Bonchev–Trinajstić information content (AvgIpc) is 2.49. The standard InChI is InChI=1S/C16H19NO3.ClH/c17-11-8-13-6-9-16(19,10-7-13)20-12-15(18)14-4-2-1-3-5-14;/h1-7,9,19H,8,10-12,17H2;1H. The van der Waals surface area contributed by atoms with Gasteiger partial charge in [0, 0.05) is 12.0 Å². The molecule has 0 saturated heterocycles. The highest BCUT2D eigenvalue weighted by molar-refractivity contribution is 5.97. The Labute approximate surface area is 130 Å². The summed E-state index contributed by atoms with van der Waals surface area (Å²) < 4.78 is 5.36. The number of hydrogen-bond acceptors (Lipinski definition) is 4. The number of halogens is 1. The van der Waals surface area contributed by atoms with Gasteiger partial charge < -0.3 is 15.6 Å². The molecule has 2 rings (SSSR count). The van der Waals surface area contributed by atoms with Crippen LogP contribution in [0.1, 0.15) is 23.2 Å². The first-order valence-electron chi connectivity index (χ1n) is 6.66. The number of benzene rings is 1. The maximum absolute atomic E-state index is 11.9. The maximum Gasteiger partial charge on any atom is 0.189 e. The van der Waals surface area contributed by atoms with Crippen LogP contribution in [0.5, 0.6) is 0 Å². The van der Waals surface area contributed by atoms with Gasteiger partial charge in [-0.1, -0.05) is 48.1 Å². The fraction of sp³-hybridized carbons (Fsp3) is 0.312. The molecule has 0 aromatic heterocycles. The molecule has 21 heavy (non-hydrogen) atoms. The Kier molecular flexibility index (Phi) is 6.78. The summed E-state index contributed by atoms with van der Waals surface area (Å²) >= 11 is 0. The van der Waals surface area contributed by atoms with Crippen LogP contribution in [0, 0.1) is 0 Å². The van der Waals surface area contributed by atoms with E-state index in [0.29, 0.717) is 18.5 Å². The van der Waals surface area contributed by atoms with Gasteiger partial charge in [0.1, 0.15) is 6.61 Å². The molecule has 0 heterocycles. The van der Waals surface area contributed by atoms with Gasteiger partial charge in [0.2, 0.25) is 0 Å². The Morgan fingerprint density at radius 2 is 2.05 bits per heavy atom. The van der Waals surface area contributed by atoms with Crippen molar-refractivity contribution >= 4 is 18.2 Å². The van der Waals surface area contributed by atoms with Crippen LogP contribution >= 0.6 is 12.4 Å². The topological polar surface area (TPSA) is 72.6 Å². The Morgan fingerprint density at radius 3 is 2.62 bits per heavy atom. The lowest BCUT2D eigenvalue weighted by Crippen LogP contribution is -2.33. The third-order valence-electron chi connectivity index (χ3n) is 3.20. The van der Waals surface area contributed by atoms with Crippen molar-refractivity contribution in [2.75, 3.05) is 13.2 Å². The molecule has 1 aliphatic rings. The highest BCUT2D eigenvalue weighted by Gasteiger charge is 2.26. The van der Waals surface area contributed by atoms with Crippen LogP contribution in [0.4, 0.5) is 0 Å². The maximum atomic E-state index is 11.9. The number of carbonyl (C=O) groups is 1. The van der Waals surface area contributed by atoms with E-state index in [-0.39, 0.29) is 24.8 Å². The second-order valence-corrected chi connectivity index (χ2v) is 4.78. The normalized spacial score (nSPS) is 20.6. The van der Waals surface area contributed by atoms with Crippen LogP contribution in [-0.2, 0) is 4.74 Å². The highest BCUT2D eigenvalue weighted by Crippen LogP contribution is 2.23. The van der Waals surface area contributed by atoms with Gasteiger partial charge in [-0.2, -0.15) is 0 Å². The second-order valence-electron chi connectivity index (χ2n) is 4.78. The SMILES string of the molecule is Cl.NCCC1=CCC(O)(OCC(=O)c2ccccc2)C=C1. The summed E-state index contributed by atoms with van der Waals surface area (Å²) in [6, 6.07) is 8.89. The molecule has 0 bridgehead atoms. The highest BCUT2D eigenvalue weighted by atomic mass is 35.5. The van der Waals surface area contributed by atoms with Crippen LogP contribution in [-0.4, -0.2) is 29.8 Å². The van der Waals surface area contributed by atoms with E-state index in [1.54, 1.807) is 36.4 Å². The van der Waals surface area contributed by atoms with Crippen molar-refractivity contribution in [3.63, 3.8) is 0 Å². The van der Waals surface area contributed by atoms with Crippen molar-refractivity contribution < 1.29 is 14.6 Å². The molecule has 0 aliphatic heterocycles. The van der Waals surface area contributed by atoms with Crippen molar-refractivity contribution in [1.29, 1.82) is 0 Å². The fourth-order valence-corrected chi connectivity index (χ4v) is 2.01. The molecule has 114 valence electrons. The van der Waals surface area contributed by atoms with E-state index in [2.05, 4.69) is 0 Å². The molecular formula is C16H20ClNO3. The number of ketones is 1. The minimum absolute atomic E-state index is 0. The summed E-state index contributed by atoms with van der Waals surface area (Å²) in [6.45, 7) is 0.423. The Bertz CT molecular complexity index is 528. The van der Waals surface area contributed by atoms with E-state index in [1.165, 1.54) is 0 Å². The minimum atomic E-state index is -1.40. The molecule has 0 spiro atoms. The summed E-state index contributed by atoms with van der Waals surface area (Å²) in [7, 11) is 0. The lowest BCUT2D eigenvalue weighted by Gasteiger charge is -2.26. The van der Waals surface area contributed by atoms with Gasteiger partial charge in [-0.25, -0.2) is 0 Å². The zero-order valence-electron chi connectivity index (χ0n) is 11.7. The molecule has 4 nitrogen and oxygen atoms in total. The zero-order chi connectivity index (χ0) is 14.4. The Hall–Kier alpha value is -1.46. The number of aliphatic hydroxyl groups is 1. The van der Waals surface area contributed by atoms with E-state index >= 15 is 0 Å². The van der Waals surface area contributed by atoms with E-state index < -0.39 is 5.79 Å². The molecule has 1 aliphatic carbocycles. The number of carbonyl (C=O) groups excluding carboxylic acids is 1. The van der Waals surface area contributed by atoms with Crippen LogP contribution in [0.15, 0.2) is 54.1 Å². The lowest BCUT2D eigenvalue weighted by atomic mass is 10.00. The number of rotatable bonds is 6. The van der Waals surface area contributed by atoms with Gasteiger partial charge in [0.25, 0.3) is 0 Å². The van der Waals surface area contributed by atoms with Gasteiger partial charge in [0.15, 0.2) is 11.6 Å². The van der Waals surface area contributed by atoms with Crippen LogP contribution in [0.25, 0.3) is 0 Å². The Morgan fingerprint density at radius 1 is 1.33 bits per heavy atom. The predicted octanol–water partition coefficient (Wildman–Crippen LogP) is 2.23. The molecule has 1 aromatic rings. The Balaban J connectivity index is 0.00000220. The zero-order valence-corrected chi connectivity index (χ0v) is 12.5. The van der Waals surface area contributed by atoms with Crippen LogP contribution in [0.2, 0.25) is 0 Å². The third-order valence-corrected chi connectivity index (χ3v) is 3.20. The predicted molar refractivity (Wildman–Crippen MR) is 84.4 cm³/mol. The minimum Gasteiger partial charge on any atom is -0.362 e. The van der Waals surface area contributed by atoms with Crippen molar-refractivity contribution in [3.05, 3.63) is 59.7 Å². The van der Waals surface area contributed by atoms with Gasteiger partial charge in [-0.05, 0) is 19.0 Å². The van der Waals surface area contributed by atoms with Crippen molar-refractivity contribution in [2.45, 2.75) is 18.6 Å². The number of nitrogens with two attached hydrogens (primary N) is 1. The number of ether oxygens (including phenoxy) is 1. The van der Waals surface area contributed by atoms with Gasteiger partial charge in [0.05, 0.1) is 0 Å². The first-order chi connectivity index (χ1) is 9.63. The summed E-state index contributed by atoms with van der Waals surface area (Å²) in [5.74, 6) is -1.55. The third kappa shape index (κ3) is 5.10. The van der Waals surface area contributed by atoms with Gasteiger partial charge in [-0.15, -0.1) is 12.4 Å². The van der Waals surface area contributed by atoms with Gasteiger partial charge >= 0.3 is 0 Å². The van der Waals surface area contributed by atoms with E-state index in [4.69, 9.17) is 10.5 Å². The molecule has 0 fully saturated rings. The second kappa shape index (κ2) is 8.10. The average molecular weight is 310 g/mol. The molecule has 0 amide bonds. The quantitative estimate of drug-likeness (QED) is 0.624. The molecule has 0 radical (unpaired) electrons. The van der Waals surface area contributed by atoms with Crippen LogP contribution < -0.4 is 5.73 Å². The number of hydrogen-bond donors (Lipinski definition) is 2. The molecular weight excluding hydrogens is 290 g/mol. The van der Waals surface area contributed by atoms with Crippen molar-refractivity contribution in [3.8, 4) is 0 Å². The lowest BCUT2D eigenvalue weighted by molar-refractivity contribution is -0.156. The summed E-state index contributed by atoms with van der Waals surface area (Å²) in [5, 5.41) is 10.2. The largest absolute Gasteiger partial charge is 0.362 e. The molecule has 1 aromatic carbocycles. The van der Waals surface area contributed by atoms with E-state index in [9.17, 15) is 9.90 Å². The fourth-order valence-electron chi connectivity index (χ4n) is 2.01. The number of allylic oxidation sites excluding steroid dienone is 1. The summed E-state index contributed by atoms with van der Waals surface area (Å²) in [4.78, 5) is 11.9. The van der Waals surface area contributed by atoms with Crippen LogP contribution in [0.3, 0.4) is 0 Å². The monoisotopic (exact) mass is 309 g/mol.